The molecule has 1 aromatic carbocycles. The van der Waals surface area contributed by atoms with E-state index in [9.17, 15) is 14.4 Å². The molecule has 132 valence electrons. The van der Waals surface area contributed by atoms with Crippen LogP contribution in [0.15, 0.2) is 24.3 Å². The van der Waals surface area contributed by atoms with Crippen molar-refractivity contribution in [2.45, 2.75) is 52.1 Å². The van der Waals surface area contributed by atoms with Crippen LogP contribution in [0.2, 0.25) is 0 Å². The zero-order valence-electron chi connectivity index (χ0n) is 14.1. The van der Waals surface area contributed by atoms with Gasteiger partial charge in [0.15, 0.2) is 0 Å². The SMILES string of the molecule is CCCCOC(=O)CC(CCC)OC(=O)c1ccccc1C(=O)O. The van der Waals surface area contributed by atoms with Crippen molar-refractivity contribution >= 4 is 17.9 Å². The van der Waals surface area contributed by atoms with Crippen LogP contribution in [0, 0.1) is 0 Å². The molecule has 0 spiro atoms. The molecule has 1 atom stereocenters. The molecule has 0 bridgehead atoms. The fraction of sp³-hybridized carbons (Fsp3) is 0.500. The number of carbonyl (C=O) groups excluding carboxylic acids is 2. The summed E-state index contributed by atoms with van der Waals surface area (Å²) in [5.41, 5.74) is -0.145. The van der Waals surface area contributed by atoms with E-state index in [-0.39, 0.29) is 17.5 Å². The van der Waals surface area contributed by atoms with E-state index >= 15 is 0 Å². The molecule has 1 N–H and O–H groups in total. The molecule has 0 amide bonds. The molecule has 0 aliphatic heterocycles. The number of rotatable bonds is 10. The summed E-state index contributed by atoms with van der Waals surface area (Å²) >= 11 is 0. The number of ether oxygens (including phenoxy) is 2. The van der Waals surface area contributed by atoms with Crippen LogP contribution in [0.5, 0.6) is 0 Å². The molecular formula is C18H24O6. The number of hydrogen-bond donors (Lipinski definition) is 1. The van der Waals surface area contributed by atoms with Crippen molar-refractivity contribution in [3.63, 3.8) is 0 Å². The van der Waals surface area contributed by atoms with Gasteiger partial charge >= 0.3 is 17.9 Å². The van der Waals surface area contributed by atoms with E-state index in [0.29, 0.717) is 13.0 Å². The Kier molecular flexibility index (Phi) is 8.54. The minimum atomic E-state index is -1.20. The van der Waals surface area contributed by atoms with Crippen molar-refractivity contribution in [2.24, 2.45) is 0 Å². The number of unbranched alkanes of at least 4 members (excludes halogenated alkanes) is 1. The summed E-state index contributed by atoms with van der Waals surface area (Å²) in [7, 11) is 0. The molecule has 1 unspecified atom stereocenters. The van der Waals surface area contributed by atoms with Crippen molar-refractivity contribution in [1.82, 2.24) is 0 Å². The molecule has 0 aromatic heterocycles. The van der Waals surface area contributed by atoms with Crippen LogP contribution in [0.3, 0.4) is 0 Å². The number of esters is 2. The smallest absolute Gasteiger partial charge is 0.339 e. The lowest BCUT2D eigenvalue weighted by Gasteiger charge is -2.17. The van der Waals surface area contributed by atoms with Gasteiger partial charge in [0.05, 0.1) is 24.2 Å². The summed E-state index contributed by atoms with van der Waals surface area (Å²) in [6.45, 7) is 4.26. The van der Waals surface area contributed by atoms with Crippen LogP contribution in [-0.2, 0) is 14.3 Å². The molecule has 6 nitrogen and oxygen atoms in total. The van der Waals surface area contributed by atoms with Crippen molar-refractivity contribution in [2.75, 3.05) is 6.61 Å². The van der Waals surface area contributed by atoms with Gasteiger partial charge < -0.3 is 14.6 Å². The van der Waals surface area contributed by atoms with Gasteiger partial charge in [-0.3, -0.25) is 4.79 Å². The highest BCUT2D eigenvalue weighted by atomic mass is 16.6. The van der Waals surface area contributed by atoms with Crippen LogP contribution in [0.1, 0.15) is 66.7 Å². The maximum atomic E-state index is 12.3. The number of benzene rings is 1. The fourth-order valence-corrected chi connectivity index (χ4v) is 2.16. The molecule has 24 heavy (non-hydrogen) atoms. The standard InChI is InChI=1S/C18H24O6/c1-3-5-11-23-16(19)12-13(8-4-2)24-18(22)15-10-7-6-9-14(15)17(20)21/h6-7,9-10,13H,3-5,8,11-12H2,1-2H3,(H,20,21). The van der Waals surface area contributed by atoms with Crippen LogP contribution in [0.25, 0.3) is 0 Å². The molecule has 0 heterocycles. The molecule has 0 aliphatic rings. The average Bonchev–Trinajstić information content (AvgIpc) is 2.55. The average molecular weight is 336 g/mol. The Labute approximate surface area is 141 Å². The molecule has 1 aromatic rings. The van der Waals surface area contributed by atoms with Crippen molar-refractivity contribution in [1.29, 1.82) is 0 Å². The Morgan fingerprint density at radius 3 is 2.33 bits per heavy atom. The van der Waals surface area contributed by atoms with Crippen LogP contribution >= 0.6 is 0 Å². The molecule has 6 heteroatoms. The molecule has 1 rings (SSSR count). The van der Waals surface area contributed by atoms with E-state index in [0.717, 1.165) is 19.3 Å². The lowest BCUT2D eigenvalue weighted by molar-refractivity contribution is -0.146. The van der Waals surface area contributed by atoms with Gasteiger partial charge in [-0.05, 0) is 25.0 Å². The first kappa shape index (κ1) is 19.7. The fourth-order valence-electron chi connectivity index (χ4n) is 2.16. The van der Waals surface area contributed by atoms with Gasteiger partial charge in [-0.1, -0.05) is 38.8 Å². The number of carbonyl (C=O) groups is 3. The third-order valence-corrected chi connectivity index (χ3v) is 3.42. The van der Waals surface area contributed by atoms with E-state index in [1.807, 2.05) is 13.8 Å². The largest absolute Gasteiger partial charge is 0.478 e. The lowest BCUT2D eigenvalue weighted by Crippen LogP contribution is -2.24. The molecule has 0 saturated carbocycles. The van der Waals surface area contributed by atoms with Crippen LogP contribution in [0.4, 0.5) is 0 Å². The minimum absolute atomic E-state index is 0.0227. The Morgan fingerprint density at radius 1 is 1.08 bits per heavy atom. The molecule has 0 fully saturated rings. The second-order valence-electron chi connectivity index (χ2n) is 5.44. The van der Waals surface area contributed by atoms with Gasteiger partial charge in [0.2, 0.25) is 0 Å². The second kappa shape index (κ2) is 10.4. The first-order chi connectivity index (χ1) is 11.5. The number of carboxylic acids is 1. The van der Waals surface area contributed by atoms with Crippen molar-refractivity contribution in [3.05, 3.63) is 35.4 Å². The maximum Gasteiger partial charge on any atom is 0.339 e. The third-order valence-electron chi connectivity index (χ3n) is 3.42. The van der Waals surface area contributed by atoms with Crippen molar-refractivity contribution < 1.29 is 29.0 Å². The monoisotopic (exact) mass is 336 g/mol. The first-order valence-electron chi connectivity index (χ1n) is 8.18. The third kappa shape index (κ3) is 6.40. The quantitative estimate of drug-likeness (QED) is 0.520. The van der Waals surface area contributed by atoms with E-state index in [1.165, 1.54) is 18.2 Å². The van der Waals surface area contributed by atoms with E-state index in [4.69, 9.17) is 14.6 Å². The summed E-state index contributed by atoms with van der Waals surface area (Å²) in [4.78, 5) is 35.2. The Morgan fingerprint density at radius 2 is 1.75 bits per heavy atom. The van der Waals surface area contributed by atoms with E-state index in [2.05, 4.69) is 0 Å². The molecule has 0 aliphatic carbocycles. The summed E-state index contributed by atoms with van der Waals surface area (Å²) in [5.74, 6) is -2.36. The second-order valence-corrected chi connectivity index (χ2v) is 5.44. The minimum Gasteiger partial charge on any atom is -0.478 e. The number of hydrogen-bond acceptors (Lipinski definition) is 5. The topological polar surface area (TPSA) is 89.9 Å². The summed E-state index contributed by atoms with van der Waals surface area (Å²) in [6, 6.07) is 5.84. The van der Waals surface area contributed by atoms with Gasteiger partial charge in [0.1, 0.15) is 6.10 Å². The molecular weight excluding hydrogens is 312 g/mol. The summed E-state index contributed by atoms with van der Waals surface area (Å²) in [5, 5.41) is 9.14. The molecule has 0 saturated heterocycles. The Hall–Kier alpha value is -2.37. The maximum absolute atomic E-state index is 12.3. The number of aromatic carboxylic acids is 1. The predicted octanol–water partition coefficient (Wildman–Crippen LogP) is 3.44. The Balaban J connectivity index is 2.72. The molecule has 0 radical (unpaired) electrons. The lowest BCUT2D eigenvalue weighted by atomic mass is 10.1. The van der Waals surface area contributed by atoms with Gasteiger partial charge in [-0.15, -0.1) is 0 Å². The Bertz CT molecular complexity index is 566. The van der Waals surface area contributed by atoms with Crippen molar-refractivity contribution in [3.8, 4) is 0 Å². The van der Waals surface area contributed by atoms with Gasteiger partial charge in [0.25, 0.3) is 0 Å². The van der Waals surface area contributed by atoms with E-state index in [1.54, 1.807) is 6.07 Å². The summed E-state index contributed by atoms with van der Waals surface area (Å²) in [6.07, 6.45) is 2.28. The predicted molar refractivity (Wildman–Crippen MR) is 88.0 cm³/mol. The highest BCUT2D eigenvalue weighted by Gasteiger charge is 2.23. The van der Waals surface area contributed by atoms with Gasteiger partial charge in [0, 0.05) is 0 Å². The van der Waals surface area contributed by atoms with Crippen LogP contribution in [-0.4, -0.2) is 35.7 Å². The summed E-state index contributed by atoms with van der Waals surface area (Å²) < 4.78 is 10.4. The van der Waals surface area contributed by atoms with Gasteiger partial charge in [-0.2, -0.15) is 0 Å². The zero-order chi connectivity index (χ0) is 17.9. The van der Waals surface area contributed by atoms with Crippen LogP contribution < -0.4 is 0 Å². The zero-order valence-corrected chi connectivity index (χ0v) is 14.1. The highest BCUT2D eigenvalue weighted by Crippen LogP contribution is 2.15. The normalized spacial score (nSPS) is 11.6. The first-order valence-corrected chi connectivity index (χ1v) is 8.18. The van der Waals surface area contributed by atoms with Gasteiger partial charge in [-0.25, -0.2) is 9.59 Å². The highest BCUT2D eigenvalue weighted by molar-refractivity contribution is 6.02. The number of carboxylic acid groups (broad SMARTS) is 1. The van der Waals surface area contributed by atoms with E-state index < -0.39 is 24.0 Å².